The molecule has 0 fully saturated rings. The zero-order valence-electron chi connectivity index (χ0n) is 12.1. The second-order valence-electron chi connectivity index (χ2n) is 4.71. The van der Waals surface area contributed by atoms with Crippen LogP contribution in [-0.4, -0.2) is 17.0 Å². The van der Waals surface area contributed by atoms with E-state index in [1.54, 1.807) is 0 Å². The number of rotatable bonds is 6. The zero-order chi connectivity index (χ0) is 14.5. The quantitative estimate of drug-likeness (QED) is 0.584. The summed E-state index contributed by atoms with van der Waals surface area (Å²) in [5.41, 5.74) is 0. The van der Waals surface area contributed by atoms with Crippen molar-refractivity contribution in [2.75, 3.05) is 0 Å². The SMILES string of the molecule is CC(=O)OC1=CCCCC1.CCCCCCC(=O)O. The minimum Gasteiger partial charge on any atom is -0.481 e. The summed E-state index contributed by atoms with van der Waals surface area (Å²) in [5, 5.41) is 8.21. The smallest absolute Gasteiger partial charge is 0.307 e. The molecule has 19 heavy (non-hydrogen) atoms. The van der Waals surface area contributed by atoms with Gasteiger partial charge in [0.05, 0.1) is 0 Å². The molecule has 0 bridgehead atoms. The maximum absolute atomic E-state index is 10.4. The Labute approximate surface area is 115 Å². The maximum Gasteiger partial charge on any atom is 0.307 e. The monoisotopic (exact) mass is 270 g/mol. The van der Waals surface area contributed by atoms with E-state index in [0.29, 0.717) is 6.42 Å². The molecular weight excluding hydrogens is 244 g/mol. The van der Waals surface area contributed by atoms with Crippen molar-refractivity contribution in [1.82, 2.24) is 0 Å². The summed E-state index contributed by atoms with van der Waals surface area (Å²) in [5.74, 6) is -0.0157. The average Bonchev–Trinajstić information content (AvgIpc) is 2.36. The number of aliphatic carboxylic acids is 1. The molecule has 0 radical (unpaired) electrons. The summed E-state index contributed by atoms with van der Waals surface area (Å²) in [7, 11) is 0. The number of carboxylic acid groups (broad SMARTS) is 1. The van der Waals surface area contributed by atoms with Crippen LogP contribution in [-0.2, 0) is 14.3 Å². The molecular formula is C15H26O4. The molecule has 110 valence electrons. The van der Waals surface area contributed by atoms with Crippen molar-refractivity contribution >= 4 is 11.9 Å². The van der Waals surface area contributed by atoms with Gasteiger partial charge in [-0.2, -0.15) is 0 Å². The molecule has 0 aliphatic heterocycles. The van der Waals surface area contributed by atoms with Crippen molar-refractivity contribution in [3.63, 3.8) is 0 Å². The van der Waals surface area contributed by atoms with Gasteiger partial charge in [0.15, 0.2) is 0 Å². The lowest BCUT2D eigenvalue weighted by Crippen LogP contribution is -2.01. The fourth-order valence-electron chi connectivity index (χ4n) is 1.79. The summed E-state index contributed by atoms with van der Waals surface area (Å²) in [6.45, 7) is 3.55. The van der Waals surface area contributed by atoms with Crippen LogP contribution in [0.5, 0.6) is 0 Å². The molecule has 0 aromatic heterocycles. The van der Waals surface area contributed by atoms with Gasteiger partial charge in [0.2, 0.25) is 0 Å². The normalized spacial score (nSPS) is 13.9. The molecule has 0 saturated carbocycles. The molecule has 0 amide bonds. The van der Waals surface area contributed by atoms with E-state index >= 15 is 0 Å². The molecule has 0 unspecified atom stereocenters. The van der Waals surface area contributed by atoms with Crippen LogP contribution in [0.3, 0.4) is 0 Å². The van der Waals surface area contributed by atoms with E-state index in [1.807, 2.05) is 6.08 Å². The molecule has 1 aliphatic rings. The Kier molecular flexibility index (Phi) is 10.9. The lowest BCUT2D eigenvalue weighted by atomic mass is 10.1. The second-order valence-corrected chi connectivity index (χ2v) is 4.71. The fourth-order valence-corrected chi connectivity index (χ4v) is 1.79. The third-order valence-corrected chi connectivity index (χ3v) is 2.77. The number of hydrogen-bond donors (Lipinski definition) is 1. The zero-order valence-corrected chi connectivity index (χ0v) is 12.1. The van der Waals surface area contributed by atoms with Crippen molar-refractivity contribution in [3.05, 3.63) is 11.8 Å². The Morgan fingerprint density at radius 1 is 1.26 bits per heavy atom. The largest absolute Gasteiger partial charge is 0.481 e. The van der Waals surface area contributed by atoms with Gasteiger partial charge in [0.25, 0.3) is 0 Å². The second kappa shape index (κ2) is 11.8. The Balaban J connectivity index is 0.000000344. The molecule has 1 N–H and O–H groups in total. The van der Waals surface area contributed by atoms with Gasteiger partial charge in [-0.1, -0.05) is 26.2 Å². The van der Waals surface area contributed by atoms with Crippen LogP contribution in [0.25, 0.3) is 0 Å². The minimum atomic E-state index is -0.675. The van der Waals surface area contributed by atoms with Crippen molar-refractivity contribution in [2.24, 2.45) is 0 Å². The van der Waals surface area contributed by atoms with Gasteiger partial charge in [0, 0.05) is 19.8 Å². The molecule has 0 saturated heterocycles. The molecule has 0 atom stereocenters. The highest BCUT2D eigenvalue weighted by atomic mass is 16.5. The number of esters is 1. The average molecular weight is 270 g/mol. The van der Waals surface area contributed by atoms with Gasteiger partial charge in [-0.3, -0.25) is 9.59 Å². The number of carbonyl (C=O) groups is 2. The first-order valence-corrected chi connectivity index (χ1v) is 7.15. The number of allylic oxidation sites excluding steroid dienone is 2. The highest BCUT2D eigenvalue weighted by molar-refractivity contribution is 5.67. The molecule has 4 nitrogen and oxygen atoms in total. The molecule has 1 rings (SSSR count). The number of carbonyl (C=O) groups excluding carboxylic acids is 1. The van der Waals surface area contributed by atoms with Crippen LogP contribution in [0.15, 0.2) is 11.8 Å². The first kappa shape index (κ1) is 17.7. The third kappa shape index (κ3) is 12.9. The maximum atomic E-state index is 10.4. The summed E-state index contributed by atoms with van der Waals surface area (Å²) >= 11 is 0. The number of ether oxygens (including phenoxy) is 1. The van der Waals surface area contributed by atoms with Crippen LogP contribution in [0.1, 0.15) is 71.6 Å². The van der Waals surface area contributed by atoms with E-state index in [2.05, 4.69) is 6.92 Å². The van der Waals surface area contributed by atoms with Crippen LogP contribution in [0.4, 0.5) is 0 Å². The molecule has 0 spiro atoms. The van der Waals surface area contributed by atoms with Crippen molar-refractivity contribution < 1.29 is 19.4 Å². The van der Waals surface area contributed by atoms with Gasteiger partial charge in [-0.05, 0) is 31.8 Å². The van der Waals surface area contributed by atoms with Crippen molar-refractivity contribution in [2.45, 2.75) is 71.6 Å². The predicted octanol–water partition coefficient (Wildman–Crippen LogP) is 4.05. The van der Waals surface area contributed by atoms with Crippen LogP contribution in [0, 0.1) is 0 Å². The standard InChI is InChI=1S/C8H12O2.C7H14O2/c1-7(9)10-8-5-3-2-4-6-8;1-2-3-4-5-6-7(8)9/h5H,2-4,6H2,1H3;2-6H2,1H3,(H,8,9). The van der Waals surface area contributed by atoms with E-state index in [-0.39, 0.29) is 5.97 Å². The van der Waals surface area contributed by atoms with Crippen molar-refractivity contribution in [1.29, 1.82) is 0 Å². The highest BCUT2D eigenvalue weighted by Crippen LogP contribution is 2.17. The first-order chi connectivity index (χ1) is 9.06. The predicted molar refractivity (Wildman–Crippen MR) is 74.7 cm³/mol. The topological polar surface area (TPSA) is 63.6 Å². The molecule has 1 aliphatic carbocycles. The third-order valence-electron chi connectivity index (χ3n) is 2.77. The summed E-state index contributed by atoms with van der Waals surface area (Å²) in [4.78, 5) is 20.4. The van der Waals surface area contributed by atoms with Gasteiger partial charge in [-0.25, -0.2) is 0 Å². The Morgan fingerprint density at radius 2 is 2.00 bits per heavy atom. The van der Waals surface area contributed by atoms with Gasteiger partial charge in [-0.15, -0.1) is 0 Å². The van der Waals surface area contributed by atoms with E-state index in [4.69, 9.17) is 9.84 Å². The highest BCUT2D eigenvalue weighted by Gasteiger charge is 2.05. The lowest BCUT2D eigenvalue weighted by Gasteiger charge is -2.10. The minimum absolute atomic E-state index is 0.201. The Morgan fingerprint density at radius 3 is 2.47 bits per heavy atom. The van der Waals surface area contributed by atoms with Crippen molar-refractivity contribution in [3.8, 4) is 0 Å². The molecule has 0 heterocycles. The van der Waals surface area contributed by atoms with Gasteiger partial charge >= 0.3 is 11.9 Å². The summed E-state index contributed by atoms with van der Waals surface area (Å²) in [6, 6.07) is 0. The number of carboxylic acids is 1. The van der Waals surface area contributed by atoms with E-state index in [0.717, 1.165) is 44.3 Å². The van der Waals surface area contributed by atoms with E-state index in [1.165, 1.54) is 19.8 Å². The van der Waals surface area contributed by atoms with Gasteiger partial charge < -0.3 is 9.84 Å². The van der Waals surface area contributed by atoms with E-state index < -0.39 is 5.97 Å². The summed E-state index contributed by atoms with van der Waals surface area (Å²) in [6.07, 6.45) is 10.9. The molecule has 0 aromatic rings. The molecule has 0 aromatic carbocycles. The van der Waals surface area contributed by atoms with Gasteiger partial charge in [0.1, 0.15) is 5.76 Å². The Hall–Kier alpha value is -1.32. The van der Waals surface area contributed by atoms with E-state index in [9.17, 15) is 9.59 Å². The lowest BCUT2D eigenvalue weighted by molar-refractivity contribution is -0.138. The Bertz CT molecular complexity index is 295. The molecule has 4 heteroatoms. The van der Waals surface area contributed by atoms with Crippen LogP contribution < -0.4 is 0 Å². The van der Waals surface area contributed by atoms with Crippen LogP contribution in [0.2, 0.25) is 0 Å². The number of unbranched alkanes of at least 4 members (excludes halogenated alkanes) is 3. The number of hydrogen-bond acceptors (Lipinski definition) is 3. The van der Waals surface area contributed by atoms with Crippen LogP contribution >= 0.6 is 0 Å². The first-order valence-electron chi connectivity index (χ1n) is 7.15. The summed E-state index contributed by atoms with van der Waals surface area (Å²) < 4.78 is 4.91. The fraction of sp³-hybridized carbons (Fsp3) is 0.733.